The van der Waals surface area contributed by atoms with E-state index in [0.717, 1.165) is 0 Å². The Morgan fingerprint density at radius 2 is 2.00 bits per heavy atom. The van der Waals surface area contributed by atoms with Gasteiger partial charge in [-0.25, -0.2) is 9.59 Å². The van der Waals surface area contributed by atoms with Gasteiger partial charge in [-0.15, -0.1) is 5.06 Å². The molecule has 1 aromatic heterocycles. The summed E-state index contributed by atoms with van der Waals surface area (Å²) in [6.07, 6.45) is -1.20. The van der Waals surface area contributed by atoms with Crippen molar-refractivity contribution in [2.75, 3.05) is 18.1 Å². The van der Waals surface area contributed by atoms with Crippen molar-refractivity contribution in [1.29, 1.82) is 0 Å². The first-order valence-electron chi connectivity index (χ1n) is 11.1. The summed E-state index contributed by atoms with van der Waals surface area (Å²) < 4.78 is 36.5. The average Bonchev–Trinajstić information content (AvgIpc) is 3.14. The van der Waals surface area contributed by atoms with E-state index in [0.29, 0.717) is 16.7 Å². The number of hydrogen-bond donors (Lipinski definition) is 2. The van der Waals surface area contributed by atoms with Crippen LogP contribution in [0.1, 0.15) is 24.0 Å². The van der Waals surface area contributed by atoms with Crippen LogP contribution in [-0.2, 0) is 40.6 Å². The van der Waals surface area contributed by atoms with Gasteiger partial charge in [0.05, 0.1) is 24.8 Å². The van der Waals surface area contributed by atoms with Gasteiger partial charge in [-0.3, -0.25) is 18.9 Å². The fourth-order valence-corrected chi connectivity index (χ4v) is 6.04. The third-order valence-electron chi connectivity index (χ3n) is 5.36. The summed E-state index contributed by atoms with van der Waals surface area (Å²) in [5.74, 6) is -3.03. The average molecular weight is 600 g/mol. The third kappa shape index (κ3) is 7.73. The summed E-state index contributed by atoms with van der Waals surface area (Å²) in [6.45, 7) is 1.96. The van der Waals surface area contributed by atoms with E-state index in [-0.39, 0.29) is 47.0 Å². The molecule has 2 N–H and O–H groups in total. The Bertz CT molecular complexity index is 1530. The van der Waals surface area contributed by atoms with Crippen LogP contribution < -0.4 is 10.9 Å². The van der Waals surface area contributed by atoms with Crippen molar-refractivity contribution in [2.45, 2.75) is 31.4 Å². The van der Waals surface area contributed by atoms with Crippen LogP contribution in [0.15, 0.2) is 32.5 Å². The van der Waals surface area contributed by atoms with Crippen LogP contribution in [0.5, 0.6) is 0 Å². The minimum Gasteiger partial charge on any atom is -0.422 e. The maximum atomic E-state index is 12.4. The van der Waals surface area contributed by atoms with Crippen molar-refractivity contribution >= 4 is 72.1 Å². The standard InChI is InChI=1S/C21H21N5O10S3/c1-11-13-3-2-12(24-25-22)8-15(13)35-21(31)14(11)9-17(27)23-5-7-38-37-6-4-19(29)36-26-18(28)10-16(20(26)30)39(32,33)34/h2-3,8,16H,4-7,9-10H2,1H3,(H,23,27)(H,32,33,34). The number of aryl methyl sites for hydroxylation is 1. The number of amides is 3. The molecule has 3 rings (SSSR count). The zero-order chi connectivity index (χ0) is 28.7. The molecule has 0 radical (unpaired) electrons. The molecule has 1 fully saturated rings. The van der Waals surface area contributed by atoms with Gasteiger partial charge in [0, 0.05) is 34.0 Å². The number of nitrogens with zero attached hydrogens (tertiary/aromatic N) is 4. The number of carbonyl (C=O) groups excluding carboxylic acids is 4. The summed E-state index contributed by atoms with van der Waals surface area (Å²) in [7, 11) is -2.22. The zero-order valence-corrected chi connectivity index (χ0v) is 22.6. The van der Waals surface area contributed by atoms with Crippen LogP contribution in [0.25, 0.3) is 21.4 Å². The normalized spacial score (nSPS) is 15.3. The van der Waals surface area contributed by atoms with Gasteiger partial charge in [0.1, 0.15) is 5.58 Å². The smallest absolute Gasteiger partial charge is 0.340 e. The molecule has 1 atom stereocenters. The van der Waals surface area contributed by atoms with Crippen LogP contribution >= 0.6 is 21.6 Å². The highest BCUT2D eigenvalue weighted by atomic mass is 33.1. The fraction of sp³-hybridized carbons (Fsp3) is 0.381. The molecule has 1 unspecified atom stereocenters. The zero-order valence-electron chi connectivity index (χ0n) is 20.2. The molecule has 1 aliphatic rings. The van der Waals surface area contributed by atoms with Crippen molar-refractivity contribution < 1.29 is 41.4 Å². The van der Waals surface area contributed by atoms with Gasteiger partial charge in [-0.05, 0) is 24.1 Å². The largest absolute Gasteiger partial charge is 0.422 e. The number of nitrogens with one attached hydrogen (secondary N) is 1. The molecule has 3 amide bonds. The molecule has 1 aromatic carbocycles. The van der Waals surface area contributed by atoms with E-state index in [4.69, 9.17) is 14.5 Å². The SMILES string of the molecule is Cc1c(CC(=O)NCCSSCCC(=O)ON2C(=O)CC(S(=O)(=O)O)C2=O)c(=O)oc2cc(N=[N+]=[N-])ccc12. The number of azide groups is 1. The van der Waals surface area contributed by atoms with Crippen molar-refractivity contribution in [3.63, 3.8) is 0 Å². The van der Waals surface area contributed by atoms with E-state index in [1.54, 1.807) is 19.1 Å². The Morgan fingerprint density at radius 3 is 2.67 bits per heavy atom. The van der Waals surface area contributed by atoms with Crippen molar-refractivity contribution in [3.05, 3.63) is 50.2 Å². The molecule has 0 bridgehead atoms. The topological polar surface area (TPSA) is 226 Å². The Labute approximate surface area is 228 Å². The van der Waals surface area contributed by atoms with Crippen LogP contribution in [0, 0.1) is 6.92 Å². The van der Waals surface area contributed by atoms with Gasteiger partial charge in [-0.2, -0.15) is 8.42 Å². The first kappa shape index (κ1) is 30.0. The molecule has 18 heteroatoms. The molecule has 39 heavy (non-hydrogen) atoms. The molecule has 2 heterocycles. The number of benzene rings is 1. The molecule has 0 saturated carbocycles. The molecule has 1 aliphatic heterocycles. The fourth-order valence-electron chi connectivity index (χ4n) is 3.46. The van der Waals surface area contributed by atoms with Crippen molar-refractivity contribution in [1.82, 2.24) is 10.4 Å². The van der Waals surface area contributed by atoms with E-state index in [2.05, 4.69) is 20.2 Å². The highest BCUT2D eigenvalue weighted by Crippen LogP contribution is 2.25. The van der Waals surface area contributed by atoms with E-state index in [9.17, 15) is 32.4 Å². The van der Waals surface area contributed by atoms with Gasteiger partial charge < -0.3 is 14.6 Å². The molecule has 208 valence electrons. The number of carbonyl (C=O) groups is 4. The lowest BCUT2D eigenvalue weighted by Gasteiger charge is -2.13. The predicted molar refractivity (Wildman–Crippen MR) is 140 cm³/mol. The Hall–Kier alpha value is -3.57. The van der Waals surface area contributed by atoms with Gasteiger partial charge in [-0.1, -0.05) is 38.8 Å². The van der Waals surface area contributed by atoms with Crippen molar-refractivity contribution in [3.8, 4) is 0 Å². The van der Waals surface area contributed by atoms with Crippen LogP contribution in [0.2, 0.25) is 0 Å². The first-order chi connectivity index (χ1) is 18.4. The van der Waals surface area contributed by atoms with Gasteiger partial charge >= 0.3 is 11.6 Å². The maximum Gasteiger partial charge on any atom is 0.340 e. The van der Waals surface area contributed by atoms with Crippen LogP contribution in [0.3, 0.4) is 0 Å². The Morgan fingerprint density at radius 1 is 1.28 bits per heavy atom. The van der Waals surface area contributed by atoms with Gasteiger partial charge in [0.15, 0.2) is 5.25 Å². The van der Waals surface area contributed by atoms with Crippen LogP contribution in [-0.4, -0.2) is 65.0 Å². The monoisotopic (exact) mass is 599 g/mol. The molecule has 1 saturated heterocycles. The second-order valence-electron chi connectivity index (χ2n) is 7.98. The number of imide groups is 1. The van der Waals surface area contributed by atoms with E-state index < -0.39 is 51.1 Å². The minimum absolute atomic E-state index is 0.0482. The van der Waals surface area contributed by atoms with Gasteiger partial charge in [0.2, 0.25) is 5.91 Å². The van der Waals surface area contributed by atoms with Crippen molar-refractivity contribution in [2.24, 2.45) is 5.11 Å². The minimum atomic E-state index is -4.80. The summed E-state index contributed by atoms with van der Waals surface area (Å²) >= 11 is 0. The summed E-state index contributed by atoms with van der Waals surface area (Å²) in [4.78, 5) is 67.5. The molecule has 0 aliphatic carbocycles. The highest BCUT2D eigenvalue weighted by Gasteiger charge is 2.48. The number of fused-ring (bicyclic) bond motifs is 1. The summed E-state index contributed by atoms with van der Waals surface area (Å²) in [5.41, 5.74) is 9.18. The molecular weight excluding hydrogens is 578 g/mol. The van der Waals surface area contributed by atoms with E-state index >= 15 is 0 Å². The predicted octanol–water partition coefficient (Wildman–Crippen LogP) is 1.95. The summed E-state index contributed by atoms with van der Waals surface area (Å²) in [6, 6.07) is 4.64. The first-order valence-corrected chi connectivity index (χ1v) is 15.1. The second kappa shape index (κ2) is 13.0. The molecule has 0 spiro atoms. The van der Waals surface area contributed by atoms with Crippen LogP contribution in [0.4, 0.5) is 5.69 Å². The number of hydrogen-bond acceptors (Lipinski definition) is 12. The van der Waals surface area contributed by atoms with Gasteiger partial charge in [0.25, 0.3) is 21.9 Å². The van der Waals surface area contributed by atoms with E-state index in [1.165, 1.54) is 27.7 Å². The Balaban J connectivity index is 1.37. The highest BCUT2D eigenvalue weighted by molar-refractivity contribution is 8.76. The lowest BCUT2D eigenvalue weighted by atomic mass is 10.0. The Kier molecular flexibility index (Phi) is 9.98. The maximum absolute atomic E-state index is 12.4. The number of rotatable bonds is 12. The third-order valence-corrected chi connectivity index (χ3v) is 8.86. The lowest BCUT2D eigenvalue weighted by Crippen LogP contribution is -2.36. The second-order valence-corrected chi connectivity index (χ2v) is 12.3. The molecule has 2 aromatic rings. The summed E-state index contributed by atoms with van der Waals surface area (Å²) in [5, 5.41) is 4.82. The molecule has 15 nitrogen and oxygen atoms in total. The quantitative estimate of drug-likeness (QED) is 0.0521. The molecular formula is C21H21N5O10S3. The lowest BCUT2D eigenvalue weighted by molar-refractivity contribution is -0.197. The van der Waals surface area contributed by atoms with E-state index in [1.807, 2.05) is 0 Å². The number of hydroxylamine groups is 2.